The van der Waals surface area contributed by atoms with Crippen molar-refractivity contribution in [3.8, 4) is 0 Å². The van der Waals surface area contributed by atoms with Gasteiger partial charge >= 0.3 is 0 Å². The second-order valence-electron chi connectivity index (χ2n) is 6.39. The van der Waals surface area contributed by atoms with Crippen molar-refractivity contribution in [2.75, 3.05) is 16.8 Å². The Kier molecular flexibility index (Phi) is 5.48. The number of carbonyl (C=O) groups excluding carboxylic acids is 2. The average molecular weight is 357 g/mol. The third-order valence-corrected chi connectivity index (χ3v) is 5.48. The molecule has 1 aliphatic rings. The van der Waals surface area contributed by atoms with Crippen molar-refractivity contribution in [3.05, 3.63) is 40.9 Å². The molecule has 1 aliphatic heterocycles. The standard InChI is InChI=1S/C19H23N3O2S/c1-3-13(2)15-7-4-5-8-16(15)21-17(23)11-14-12-25-19(20-14)22-10-6-9-18(22)24/h4-5,7-8,12-13H,3,6,9-11H2,1-2H3,(H,21,23). The van der Waals surface area contributed by atoms with Crippen LogP contribution in [-0.4, -0.2) is 23.3 Å². The summed E-state index contributed by atoms with van der Waals surface area (Å²) in [6.45, 7) is 5.02. The first kappa shape index (κ1) is 17.6. The smallest absolute Gasteiger partial charge is 0.230 e. The van der Waals surface area contributed by atoms with E-state index in [2.05, 4.69) is 30.2 Å². The third-order valence-electron chi connectivity index (χ3n) is 4.56. The number of para-hydroxylation sites is 1. The van der Waals surface area contributed by atoms with Crippen molar-refractivity contribution in [1.82, 2.24) is 4.98 Å². The average Bonchev–Trinajstić information content (AvgIpc) is 3.23. The molecule has 3 rings (SSSR count). The number of amides is 2. The Morgan fingerprint density at radius 1 is 1.40 bits per heavy atom. The normalized spacial score (nSPS) is 15.4. The highest BCUT2D eigenvalue weighted by Gasteiger charge is 2.24. The van der Waals surface area contributed by atoms with Crippen LogP contribution in [-0.2, 0) is 16.0 Å². The van der Waals surface area contributed by atoms with E-state index in [0.29, 0.717) is 23.2 Å². The Labute approximate surface area is 152 Å². The van der Waals surface area contributed by atoms with Gasteiger partial charge < -0.3 is 5.32 Å². The highest BCUT2D eigenvalue weighted by Crippen LogP contribution is 2.28. The quantitative estimate of drug-likeness (QED) is 0.851. The molecule has 25 heavy (non-hydrogen) atoms. The zero-order chi connectivity index (χ0) is 17.8. The van der Waals surface area contributed by atoms with Crippen molar-refractivity contribution in [2.24, 2.45) is 0 Å². The van der Waals surface area contributed by atoms with Crippen LogP contribution in [0.2, 0.25) is 0 Å². The molecule has 0 bridgehead atoms. The number of thiazole rings is 1. The molecule has 6 heteroatoms. The molecule has 2 amide bonds. The van der Waals surface area contributed by atoms with Gasteiger partial charge in [-0.25, -0.2) is 4.98 Å². The minimum atomic E-state index is -0.0830. The first-order valence-electron chi connectivity index (χ1n) is 8.72. The van der Waals surface area contributed by atoms with Gasteiger partial charge in [0.1, 0.15) is 0 Å². The predicted molar refractivity (Wildman–Crippen MR) is 101 cm³/mol. The summed E-state index contributed by atoms with van der Waals surface area (Å²) in [5.41, 5.74) is 2.73. The maximum atomic E-state index is 12.4. The van der Waals surface area contributed by atoms with Crippen molar-refractivity contribution >= 4 is 34.0 Å². The fourth-order valence-corrected chi connectivity index (χ4v) is 3.84. The number of hydrogen-bond acceptors (Lipinski definition) is 4. The van der Waals surface area contributed by atoms with Crippen LogP contribution in [0.3, 0.4) is 0 Å². The summed E-state index contributed by atoms with van der Waals surface area (Å²) in [6, 6.07) is 7.93. The van der Waals surface area contributed by atoms with Crippen LogP contribution in [0.5, 0.6) is 0 Å². The van der Waals surface area contributed by atoms with E-state index in [9.17, 15) is 9.59 Å². The van der Waals surface area contributed by atoms with E-state index in [1.165, 1.54) is 11.3 Å². The Hall–Kier alpha value is -2.21. The van der Waals surface area contributed by atoms with Gasteiger partial charge in [-0.2, -0.15) is 0 Å². The van der Waals surface area contributed by atoms with Crippen LogP contribution < -0.4 is 10.2 Å². The molecule has 0 spiro atoms. The number of rotatable bonds is 6. The molecule has 132 valence electrons. The molecule has 1 N–H and O–H groups in total. The Balaban J connectivity index is 1.66. The van der Waals surface area contributed by atoms with Gasteiger partial charge in [-0.05, 0) is 30.4 Å². The molecular formula is C19H23N3O2S. The van der Waals surface area contributed by atoms with Gasteiger partial charge in [0, 0.05) is 24.0 Å². The topological polar surface area (TPSA) is 62.3 Å². The molecular weight excluding hydrogens is 334 g/mol. The fraction of sp³-hybridized carbons (Fsp3) is 0.421. The molecule has 1 saturated heterocycles. The summed E-state index contributed by atoms with van der Waals surface area (Å²) in [7, 11) is 0. The summed E-state index contributed by atoms with van der Waals surface area (Å²) in [5, 5.41) is 5.57. The minimum Gasteiger partial charge on any atom is -0.325 e. The number of carbonyl (C=O) groups is 2. The van der Waals surface area contributed by atoms with Crippen molar-refractivity contribution in [1.29, 1.82) is 0 Å². The van der Waals surface area contributed by atoms with E-state index in [1.54, 1.807) is 4.90 Å². The van der Waals surface area contributed by atoms with Gasteiger partial charge in [-0.1, -0.05) is 32.0 Å². The fourth-order valence-electron chi connectivity index (χ4n) is 2.97. The van der Waals surface area contributed by atoms with E-state index in [-0.39, 0.29) is 18.2 Å². The second-order valence-corrected chi connectivity index (χ2v) is 7.23. The Bertz CT molecular complexity index is 772. The number of benzene rings is 1. The highest BCUT2D eigenvalue weighted by atomic mass is 32.1. The van der Waals surface area contributed by atoms with Gasteiger partial charge in [0.2, 0.25) is 11.8 Å². The lowest BCUT2D eigenvalue weighted by Gasteiger charge is -2.15. The van der Waals surface area contributed by atoms with Gasteiger partial charge in [-0.3, -0.25) is 14.5 Å². The highest BCUT2D eigenvalue weighted by molar-refractivity contribution is 7.14. The van der Waals surface area contributed by atoms with Crippen molar-refractivity contribution in [2.45, 2.75) is 45.4 Å². The van der Waals surface area contributed by atoms with Gasteiger partial charge in [-0.15, -0.1) is 11.3 Å². The predicted octanol–water partition coefficient (Wildman–Crippen LogP) is 3.96. The number of nitrogens with zero attached hydrogens (tertiary/aromatic N) is 2. The lowest BCUT2D eigenvalue weighted by Crippen LogP contribution is -2.23. The van der Waals surface area contributed by atoms with Gasteiger partial charge in [0.05, 0.1) is 12.1 Å². The summed E-state index contributed by atoms with van der Waals surface area (Å²) in [5.74, 6) is 0.428. The van der Waals surface area contributed by atoms with E-state index in [4.69, 9.17) is 0 Å². The summed E-state index contributed by atoms with van der Waals surface area (Å²) >= 11 is 1.42. The molecule has 1 aromatic carbocycles. The van der Waals surface area contributed by atoms with E-state index in [1.807, 2.05) is 23.6 Å². The number of aromatic nitrogens is 1. The lowest BCUT2D eigenvalue weighted by molar-refractivity contribution is -0.117. The zero-order valence-electron chi connectivity index (χ0n) is 14.6. The van der Waals surface area contributed by atoms with Crippen LogP contribution in [0.15, 0.2) is 29.6 Å². The molecule has 0 aliphatic carbocycles. The van der Waals surface area contributed by atoms with Gasteiger partial charge in [0.25, 0.3) is 0 Å². The summed E-state index contributed by atoms with van der Waals surface area (Å²) in [4.78, 5) is 30.4. The molecule has 1 fully saturated rings. The SMILES string of the molecule is CCC(C)c1ccccc1NC(=O)Cc1csc(N2CCCC2=O)n1. The minimum absolute atomic E-state index is 0.0830. The van der Waals surface area contributed by atoms with Crippen molar-refractivity contribution in [3.63, 3.8) is 0 Å². The monoisotopic (exact) mass is 357 g/mol. The number of nitrogens with one attached hydrogen (secondary N) is 1. The van der Waals surface area contributed by atoms with E-state index >= 15 is 0 Å². The third kappa shape index (κ3) is 4.07. The number of anilines is 2. The first-order chi connectivity index (χ1) is 12.1. The van der Waals surface area contributed by atoms with Crippen LogP contribution in [0.1, 0.15) is 50.3 Å². The molecule has 0 saturated carbocycles. The van der Waals surface area contributed by atoms with E-state index in [0.717, 1.165) is 30.6 Å². The molecule has 5 nitrogen and oxygen atoms in total. The van der Waals surface area contributed by atoms with Crippen molar-refractivity contribution < 1.29 is 9.59 Å². The molecule has 1 atom stereocenters. The molecule has 2 heterocycles. The molecule has 1 unspecified atom stereocenters. The van der Waals surface area contributed by atoms with E-state index < -0.39 is 0 Å². The number of hydrogen-bond donors (Lipinski definition) is 1. The molecule has 0 radical (unpaired) electrons. The summed E-state index contributed by atoms with van der Waals surface area (Å²) in [6.07, 6.45) is 2.70. The Morgan fingerprint density at radius 2 is 2.20 bits per heavy atom. The second kappa shape index (κ2) is 7.78. The maximum Gasteiger partial charge on any atom is 0.230 e. The zero-order valence-corrected chi connectivity index (χ0v) is 15.4. The lowest BCUT2D eigenvalue weighted by atomic mass is 9.97. The van der Waals surface area contributed by atoms with Crippen LogP contribution in [0, 0.1) is 0 Å². The largest absolute Gasteiger partial charge is 0.325 e. The first-order valence-corrected chi connectivity index (χ1v) is 9.60. The molecule has 2 aromatic rings. The molecule has 1 aromatic heterocycles. The maximum absolute atomic E-state index is 12.4. The van der Waals surface area contributed by atoms with Crippen LogP contribution >= 0.6 is 11.3 Å². The van der Waals surface area contributed by atoms with Crippen LogP contribution in [0.25, 0.3) is 0 Å². The van der Waals surface area contributed by atoms with Gasteiger partial charge in [0.15, 0.2) is 5.13 Å². The Morgan fingerprint density at radius 3 is 2.92 bits per heavy atom. The summed E-state index contributed by atoms with van der Waals surface area (Å²) < 4.78 is 0. The van der Waals surface area contributed by atoms with Crippen LogP contribution in [0.4, 0.5) is 10.8 Å².